The molecule has 1 N–H and O–H groups in total. The Hall–Kier alpha value is -1.92. The summed E-state index contributed by atoms with van der Waals surface area (Å²) >= 11 is 0.489. The van der Waals surface area contributed by atoms with Crippen LogP contribution in [0.25, 0.3) is 0 Å². The van der Waals surface area contributed by atoms with Crippen molar-refractivity contribution in [2.24, 2.45) is 0 Å². The number of fused-ring (bicyclic) bond motifs is 1. The molecule has 0 bridgehead atoms. The van der Waals surface area contributed by atoms with Gasteiger partial charge in [0.2, 0.25) is 0 Å². The van der Waals surface area contributed by atoms with E-state index < -0.39 is 64.2 Å². The van der Waals surface area contributed by atoms with E-state index in [4.69, 9.17) is 4.74 Å². The molecule has 2 aliphatic heterocycles. The van der Waals surface area contributed by atoms with Crippen molar-refractivity contribution in [2.75, 3.05) is 5.75 Å². The first-order valence-electron chi connectivity index (χ1n) is 7.40. The van der Waals surface area contributed by atoms with Crippen LogP contribution >= 0.6 is 11.8 Å². The van der Waals surface area contributed by atoms with E-state index in [2.05, 4.69) is 0 Å². The second-order valence-corrected chi connectivity index (χ2v) is 7.79. The normalized spacial score (nSPS) is 23.6. The second kappa shape index (κ2) is 6.60. The number of nitrogens with zero attached hydrogens (tertiary/aromatic N) is 1. The molecular weight excluding hydrogens is 406 g/mol. The zero-order valence-electron chi connectivity index (χ0n) is 14.1. The number of halogens is 6. The summed E-state index contributed by atoms with van der Waals surface area (Å²) in [5, 5.41) is 0.154. The van der Waals surface area contributed by atoms with E-state index in [0.717, 1.165) is 0 Å². The van der Waals surface area contributed by atoms with Gasteiger partial charge >= 0.3 is 24.2 Å². The number of rotatable bonds is 2. The first kappa shape index (κ1) is 21.4. The van der Waals surface area contributed by atoms with Crippen molar-refractivity contribution in [1.29, 1.82) is 0 Å². The topological polar surface area (TPSA) is 75.7 Å². The van der Waals surface area contributed by atoms with Crippen molar-refractivity contribution in [3.05, 3.63) is 11.3 Å². The molecule has 0 spiro atoms. The van der Waals surface area contributed by atoms with Gasteiger partial charge in [0.25, 0.3) is 5.91 Å². The van der Waals surface area contributed by atoms with Crippen molar-refractivity contribution >= 4 is 29.5 Å². The lowest BCUT2D eigenvalue weighted by Crippen LogP contribution is -2.71. The number of hydrogen-bond acceptors (Lipinski definition) is 5. The summed E-state index contributed by atoms with van der Waals surface area (Å²) in [6.07, 6.45) is -10.2. The Morgan fingerprint density at radius 3 is 2.15 bits per heavy atom. The van der Waals surface area contributed by atoms with Gasteiger partial charge in [-0.15, -0.1) is 11.8 Å². The van der Waals surface area contributed by atoms with Crippen LogP contribution in [0.4, 0.5) is 26.3 Å². The number of amides is 2. The van der Waals surface area contributed by atoms with E-state index in [1.165, 1.54) is 26.1 Å². The number of ether oxygens (including phenoxy) is 1. The molecule has 2 amide bonds. The van der Waals surface area contributed by atoms with E-state index in [9.17, 15) is 40.7 Å². The van der Waals surface area contributed by atoms with E-state index in [0.29, 0.717) is 16.7 Å². The van der Waals surface area contributed by atoms with E-state index in [1.54, 1.807) is 0 Å². The second-order valence-electron chi connectivity index (χ2n) is 6.69. The number of hydrogen-bond donors (Lipinski definition) is 1. The Balaban J connectivity index is 2.35. The van der Waals surface area contributed by atoms with Crippen molar-refractivity contribution in [1.82, 2.24) is 10.2 Å². The molecule has 1 unspecified atom stereocenters. The quantitative estimate of drug-likeness (QED) is 0.421. The first-order chi connectivity index (χ1) is 12.0. The molecule has 2 aliphatic rings. The minimum absolute atomic E-state index is 0.423. The molecule has 0 aromatic carbocycles. The third-order valence-corrected chi connectivity index (χ3v) is 4.73. The highest BCUT2D eigenvalue weighted by Gasteiger charge is 2.59. The predicted octanol–water partition coefficient (Wildman–Crippen LogP) is 2.11. The summed E-state index contributed by atoms with van der Waals surface area (Å²) in [7, 11) is 0. The van der Waals surface area contributed by atoms with Gasteiger partial charge in [-0.3, -0.25) is 14.5 Å². The molecular formula is C14H14F6N2O4S. The molecule has 1 saturated heterocycles. The van der Waals surface area contributed by atoms with Crippen LogP contribution in [0.15, 0.2) is 11.3 Å². The number of esters is 1. The van der Waals surface area contributed by atoms with Gasteiger partial charge < -0.3 is 10.1 Å². The molecule has 0 aliphatic carbocycles. The van der Waals surface area contributed by atoms with Crippen LogP contribution in [0.1, 0.15) is 20.8 Å². The highest BCUT2D eigenvalue weighted by Crippen LogP contribution is 2.45. The molecule has 0 radical (unpaired) electrons. The van der Waals surface area contributed by atoms with E-state index in [-0.39, 0.29) is 0 Å². The largest absolute Gasteiger partial charge is 0.471 e. The summed E-state index contributed by atoms with van der Waals surface area (Å²) in [4.78, 5) is 35.8. The Bertz CT molecular complexity index is 710. The maximum atomic E-state index is 13.3. The summed E-state index contributed by atoms with van der Waals surface area (Å²) < 4.78 is 81.8. The zero-order chi connectivity index (χ0) is 20.9. The maximum absolute atomic E-state index is 13.3. The highest BCUT2D eigenvalue weighted by molar-refractivity contribution is 8.00. The van der Waals surface area contributed by atoms with Crippen molar-refractivity contribution in [2.45, 2.75) is 50.1 Å². The molecule has 27 heavy (non-hydrogen) atoms. The lowest BCUT2D eigenvalue weighted by molar-refractivity contribution is -0.177. The van der Waals surface area contributed by atoms with Gasteiger partial charge in [-0.2, -0.15) is 26.3 Å². The van der Waals surface area contributed by atoms with Crippen molar-refractivity contribution < 1.29 is 45.5 Å². The average Bonchev–Trinajstić information content (AvgIpc) is 2.46. The van der Waals surface area contributed by atoms with Crippen LogP contribution in [0.3, 0.4) is 0 Å². The highest BCUT2D eigenvalue weighted by atomic mass is 32.2. The molecule has 2 atom stereocenters. The molecule has 2 rings (SSSR count). The number of nitrogens with one attached hydrogen (secondary N) is 1. The third kappa shape index (κ3) is 4.33. The molecule has 13 heteroatoms. The predicted molar refractivity (Wildman–Crippen MR) is 80.0 cm³/mol. The lowest BCUT2D eigenvalue weighted by Gasteiger charge is -2.50. The number of carbonyl (C=O) groups excluding carboxylic acids is 3. The van der Waals surface area contributed by atoms with Gasteiger partial charge in [-0.1, -0.05) is 0 Å². The van der Waals surface area contributed by atoms with Crippen LogP contribution in [0.5, 0.6) is 0 Å². The van der Waals surface area contributed by atoms with Gasteiger partial charge in [0.1, 0.15) is 22.7 Å². The standard InChI is InChI=1S/C14H14F6N2O4S/c1-12(2,3)26-10(24)7-5(13(15,16)17)4-27-9-6(8(23)22(7)9)21-11(25)14(18,19)20/h6,9H,4H2,1-3H3,(H,21,25)/t6-,9?/m0/s1. The number of alkyl halides is 6. The van der Waals surface area contributed by atoms with Crippen LogP contribution in [0.2, 0.25) is 0 Å². The fraction of sp³-hybridized carbons (Fsp3) is 0.643. The first-order valence-corrected chi connectivity index (χ1v) is 8.45. The molecule has 6 nitrogen and oxygen atoms in total. The summed E-state index contributed by atoms with van der Waals surface area (Å²) in [5.74, 6) is -5.86. The van der Waals surface area contributed by atoms with Crippen LogP contribution in [-0.2, 0) is 19.1 Å². The monoisotopic (exact) mass is 420 g/mol. The molecule has 1 fully saturated rings. The minimum Gasteiger partial charge on any atom is -0.455 e. The molecule has 152 valence electrons. The van der Waals surface area contributed by atoms with Crippen LogP contribution in [0, 0.1) is 0 Å². The van der Waals surface area contributed by atoms with Gasteiger partial charge in [0, 0.05) is 5.75 Å². The van der Waals surface area contributed by atoms with Crippen molar-refractivity contribution in [3.8, 4) is 0 Å². The minimum atomic E-state index is -5.26. The molecule has 0 aromatic rings. The number of carbonyl (C=O) groups is 3. The molecule has 2 heterocycles. The molecule has 0 aromatic heterocycles. The summed E-state index contributed by atoms with van der Waals surface area (Å²) in [5.41, 5.74) is -3.56. The third-order valence-electron chi connectivity index (χ3n) is 3.45. The van der Waals surface area contributed by atoms with Gasteiger partial charge in [0.15, 0.2) is 0 Å². The smallest absolute Gasteiger partial charge is 0.455 e. The Kier molecular flexibility index (Phi) is 5.23. The zero-order valence-corrected chi connectivity index (χ0v) is 14.9. The summed E-state index contributed by atoms with van der Waals surface area (Å²) in [6, 6.07) is -1.70. The van der Waals surface area contributed by atoms with Gasteiger partial charge in [-0.05, 0) is 20.8 Å². The number of thioether (sulfide) groups is 1. The Morgan fingerprint density at radius 1 is 1.15 bits per heavy atom. The van der Waals surface area contributed by atoms with Crippen LogP contribution in [-0.4, -0.2) is 57.8 Å². The molecule has 0 saturated carbocycles. The fourth-order valence-corrected chi connectivity index (χ4v) is 3.75. The number of β-lactam (4-membered cyclic amide) rings is 1. The lowest BCUT2D eigenvalue weighted by atomic mass is 10.0. The van der Waals surface area contributed by atoms with Crippen LogP contribution < -0.4 is 5.32 Å². The average molecular weight is 420 g/mol. The van der Waals surface area contributed by atoms with E-state index >= 15 is 0 Å². The Labute approximate surface area is 153 Å². The van der Waals surface area contributed by atoms with Gasteiger partial charge in [0.05, 0.1) is 5.57 Å². The fourth-order valence-electron chi connectivity index (χ4n) is 2.37. The Morgan fingerprint density at radius 2 is 1.70 bits per heavy atom. The summed E-state index contributed by atoms with van der Waals surface area (Å²) in [6.45, 7) is 4.20. The van der Waals surface area contributed by atoms with E-state index in [1.807, 2.05) is 0 Å². The van der Waals surface area contributed by atoms with Crippen molar-refractivity contribution in [3.63, 3.8) is 0 Å². The van der Waals surface area contributed by atoms with Gasteiger partial charge in [-0.25, -0.2) is 4.79 Å². The SMILES string of the molecule is CC(C)(C)OC(=O)C1=C(C(F)(F)F)CSC2[C@@H](NC(=O)C(F)(F)F)C(=O)N12. The maximum Gasteiger partial charge on any atom is 0.471 e.